The maximum Gasteiger partial charge on any atom is 0.410 e. The highest BCUT2D eigenvalue weighted by atomic mass is 79.9. The average Bonchev–Trinajstić information content (AvgIpc) is 3.19. The van der Waals surface area contributed by atoms with Crippen LogP contribution in [0.1, 0.15) is 55.5 Å². The molecule has 2 saturated heterocycles. The first-order valence-electron chi connectivity index (χ1n) is 9.11. The van der Waals surface area contributed by atoms with Gasteiger partial charge >= 0.3 is 6.09 Å². The van der Waals surface area contributed by atoms with Crippen LogP contribution in [0, 0.1) is 0 Å². The number of likely N-dealkylation sites (tertiary alicyclic amines) is 1. The minimum absolute atomic E-state index is 0.0862. The Morgan fingerprint density at radius 1 is 1.16 bits per heavy atom. The fourth-order valence-corrected chi connectivity index (χ4v) is 4.66. The molecule has 1 aliphatic carbocycles. The number of piperidine rings is 1. The highest BCUT2D eigenvalue weighted by molar-refractivity contribution is 9.10. The second kappa shape index (κ2) is 6.67. The van der Waals surface area contributed by atoms with Gasteiger partial charge in [-0.3, -0.25) is 4.79 Å². The van der Waals surface area contributed by atoms with Crippen LogP contribution in [0.15, 0.2) is 21.2 Å². The van der Waals surface area contributed by atoms with Crippen LogP contribution in [0.5, 0.6) is 0 Å². The van der Waals surface area contributed by atoms with E-state index in [0.29, 0.717) is 23.5 Å². The number of halogens is 1. The van der Waals surface area contributed by atoms with E-state index in [1.165, 1.54) is 6.42 Å². The Labute approximate surface area is 155 Å². The molecule has 3 heterocycles. The van der Waals surface area contributed by atoms with Crippen molar-refractivity contribution in [2.75, 3.05) is 19.6 Å². The van der Waals surface area contributed by atoms with Crippen LogP contribution in [0.25, 0.3) is 0 Å². The molecule has 0 N–H and O–H groups in total. The van der Waals surface area contributed by atoms with Crippen LogP contribution in [0.4, 0.5) is 4.79 Å². The summed E-state index contributed by atoms with van der Waals surface area (Å²) in [5.74, 6) is 0.268. The predicted octanol–water partition coefficient (Wildman–Crippen LogP) is 3.80. The maximum atomic E-state index is 12.5. The molecule has 1 aromatic heterocycles. The summed E-state index contributed by atoms with van der Waals surface area (Å²) in [6.45, 7) is 1.99. The maximum absolute atomic E-state index is 12.5. The summed E-state index contributed by atoms with van der Waals surface area (Å²) in [7, 11) is 0. The molecule has 7 heteroatoms. The van der Waals surface area contributed by atoms with Crippen molar-refractivity contribution in [3.8, 4) is 0 Å². The van der Waals surface area contributed by atoms with Crippen LogP contribution in [0.3, 0.4) is 0 Å². The van der Waals surface area contributed by atoms with Crippen LogP contribution in [0.2, 0.25) is 0 Å². The zero-order valence-electron chi connectivity index (χ0n) is 14.2. The van der Waals surface area contributed by atoms with Crippen LogP contribution >= 0.6 is 15.9 Å². The third-order valence-electron chi connectivity index (χ3n) is 5.74. The van der Waals surface area contributed by atoms with E-state index < -0.39 is 0 Å². The Balaban J connectivity index is 1.35. The van der Waals surface area contributed by atoms with Crippen molar-refractivity contribution in [2.45, 2.75) is 56.6 Å². The van der Waals surface area contributed by atoms with Crippen molar-refractivity contribution in [2.24, 2.45) is 0 Å². The SMILES string of the molecule is O=C(c1ccc(Br)o1)N1CCC(N2CC3(CCCCC3)OC2=O)CC1. The number of rotatable bonds is 2. The van der Waals surface area contributed by atoms with Gasteiger partial charge in [0.15, 0.2) is 10.4 Å². The van der Waals surface area contributed by atoms with E-state index in [1.807, 2.05) is 4.90 Å². The van der Waals surface area contributed by atoms with Gasteiger partial charge in [-0.15, -0.1) is 0 Å². The minimum Gasteiger partial charge on any atom is -0.444 e. The number of nitrogens with zero attached hydrogens (tertiary/aromatic N) is 2. The molecule has 0 radical (unpaired) electrons. The molecule has 1 aromatic rings. The van der Waals surface area contributed by atoms with Gasteiger partial charge in [-0.1, -0.05) is 6.42 Å². The zero-order valence-corrected chi connectivity index (χ0v) is 15.8. The van der Waals surface area contributed by atoms with E-state index in [-0.39, 0.29) is 23.6 Å². The third kappa shape index (κ3) is 3.30. The number of carbonyl (C=O) groups is 2. The molecule has 0 atom stereocenters. The molecule has 1 spiro atoms. The molecular formula is C18H23BrN2O4. The van der Waals surface area contributed by atoms with Crippen molar-refractivity contribution in [1.29, 1.82) is 0 Å². The summed E-state index contributed by atoms with van der Waals surface area (Å²) in [5, 5.41) is 0. The van der Waals surface area contributed by atoms with Crippen LogP contribution in [-0.4, -0.2) is 53.1 Å². The van der Waals surface area contributed by atoms with Crippen molar-refractivity contribution in [3.05, 3.63) is 22.6 Å². The van der Waals surface area contributed by atoms with Gasteiger partial charge in [0.1, 0.15) is 5.60 Å². The molecule has 6 nitrogen and oxygen atoms in total. The van der Waals surface area contributed by atoms with Gasteiger partial charge in [0.05, 0.1) is 6.54 Å². The number of ether oxygens (including phenoxy) is 1. The first-order valence-corrected chi connectivity index (χ1v) is 9.90. The molecule has 136 valence electrons. The van der Waals surface area contributed by atoms with E-state index in [2.05, 4.69) is 15.9 Å². The molecule has 4 rings (SSSR count). The Kier molecular flexibility index (Phi) is 4.52. The molecule has 0 aromatic carbocycles. The van der Waals surface area contributed by atoms with Crippen molar-refractivity contribution < 1.29 is 18.7 Å². The Hall–Kier alpha value is -1.50. The van der Waals surface area contributed by atoms with Crippen molar-refractivity contribution in [1.82, 2.24) is 9.80 Å². The lowest BCUT2D eigenvalue weighted by atomic mass is 9.84. The van der Waals surface area contributed by atoms with Crippen molar-refractivity contribution >= 4 is 27.9 Å². The first-order chi connectivity index (χ1) is 12.1. The van der Waals surface area contributed by atoms with E-state index in [0.717, 1.165) is 45.1 Å². The molecule has 1 saturated carbocycles. The molecule has 3 fully saturated rings. The van der Waals surface area contributed by atoms with Gasteiger partial charge in [0.25, 0.3) is 5.91 Å². The molecule has 0 unspecified atom stereocenters. The molecule has 3 aliphatic rings. The average molecular weight is 411 g/mol. The van der Waals surface area contributed by atoms with Gasteiger partial charge in [0.2, 0.25) is 0 Å². The summed E-state index contributed by atoms with van der Waals surface area (Å²) < 4.78 is 11.7. The lowest BCUT2D eigenvalue weighted by molar-refractivity contribution is 0.0259. The highest BCUT2D eigenvalue weighted by Gasteiger charge is 2.48. The number of hydrogen-bond acceptors (Lipinski definition) is 4. The third-order valence-corrected chi connectivity index (χ3v) is 6.16. The molecule has 2 amide bonds. The summed E-state index contributed by atoms with van der Waals surface area (Å²) in [4.78, 5) is 28.6. The lowest BCUT2D eigenvalue weighted by Crippen LogP contribution is -2.48. The number of carbonyl (C=O) groups excluding carboxylic acids is 2. The van der Waals surface area contributed by atoms with Gasteiger partial charge < -0.3 is 19.0 Å². The van der Waals surface area contributed by atoms with Gasteiger partial charge in [-0.2, -0.15) is 0 Å². The second-order valence-corrected chi connectivity index (χ2v) is 8.15. The van der Waals surface area contributed by atoms with Crippen molar-refractivity contribution in [3.63, 3.8) is 0 Å². The quantitative estimate of drug-likeness (QED) is 0.743. The first kappa shape index (κ1) is 16.9. The van der Waals surface area contributed by atoms with E-state index >= 15 is 0 Å². The van der Waals surface area contributed by atoms with Gasteiger partial charge in [0, 0.05) is 19.1 Å². The Morgan fingerprint density at radius 2 is 1.88 bits per heavy atom. The summed E-state index contributed by atoms with van der Waals surface area (Å²) in [6.07, 6.45) is 6.92. The number of hydrogen-bond donors (Lipinski definition) is 0. The second-order valence-electron chi connectivity index (χ2n) is 7.37. The summed E-state index contributed by atoms with van der Waals surface area (Å²) in [6, 6.07) is 3.58. The molecule has 25 heavy (non-hydrogen) atoms. The Morgan fingerprint density at radius 3 is 2.52 bits per heavy atom. The van der Waals surface area contributed by atoms with Crippen LogP contribution < -0.4 is 0 Å². The Bertz CT molecular complexity index is 660. The topological polar surface area (TPSA) is 63.0 Å². The van der Waals surface area contributed by atoms with E-state index in [4.69, 9.17) is 9.15 Å². The molecule has 0 bridgehead atoms. The number of amides is 2. The van der Waals surface area contributed by atoms with Crippen LogP contribution in [-0.2, 0) is 4.74 Å². The van der Waals surface area contributed by atoms with Gasteiger partial charge in [-0.05, 0) is 66.6 Å². The number of furan rings is 1. The van der Waals surface area contributed by atoms with E-state index in [9.17, 15) is 9.59 Å². The smallest absolute Gasteiger partial charge is 0.410 e. The normalized spacial score (nSPS) is 24.0. The monoisotopic (exact) mass is 410 g/mol. The fraction of sp³-hybridized carbons (Fsp3) is 0.667. The van der Waals surface area contributed by atoms with Gasteiger partial charge in [-0.25, -0.2) is 4.79 Å². The lowest BCUT2D eigenvalue weighted by Gasteiger charge is -2.36. The molecule has 2 aliphatic heterocycles. The highest BCUT2D eigenvalue weighted by Crippen LogP contribution is 2.38. The molecular weight excluding hydrogens is 388 g/mol. The fourth-order valence-electron chi connectivity index (χ4n) is 4.35. The minimum atomic E-state index is -0.247. The van der Waals surface area contributed by atoms with E-state index in [1.54, 1.807) is 17.0 Å². The zero-order chi connectivity index (χ0) is 17.4. The standard InChI is InChI=1S/C18H23BrN2O4/c19-15-5-4-14(24-15)16(22)20-10-6-13(7-11-20)21-12-18(25-17(21)23)8-2-1-3-9-18/h4-5,13H,1-3,6-12H2. The largest absolute Gasteiger partial charge is 0.444 e. The predicted molar refractivity (Wildman–Crippen MR) is 94.3 cm³/mol. The summed E-state index contributed by atoms with van der Waals surface area (Å²) in [5.41, 5.74) is -0.247. The summed E-state index contributed by atoms with van der Waals surface area (Å²) >= 11 is 3.22.